The Morgan fingerprint density at radius 3 is 2.46 bits per heavy atom. The average Bonchev–Trinajstić information content (AvgIpc) is 3.24. The van der Waals surface area contributed by atoms with Crippen molar-refractivity contribution in [2.24, 2.45) is 11.3 Å². The Morgan fingerprint density at radius 1 is 1.18 bits per heavy atom. The number of methoxy groups -OCH3 is 2. The molecule has 0 radical (unpaired) electrons. The summed E-state index contributed by atoms with van der Waals surface area (Å²) < 4.78 is 28.1. The normalized spacial score (nSPS) is 28.8. The molecule has 2 fully saturated rings. The molecule has 0 amide bonds. The minimum atomic E-state index is -0.655. The van der Waals surface area contributed by atoms with Gasteiger partial charge in [-0.3, -0.25) is 4.79 Å². The van der Waals surface area contributed by atoms with Crippen molar-refractivity contribution in [1.29, 1.82) is 0 Å². The van der Waals surface area contributed by atoms with E-state index in [1.54, 1.807) is 20.3 Å². The molecule has 3 atom stereocenters. The largest absolute Gasteiger partial charge is 0.493 e. The number of cyclic esters (lactones) is 1. The van der Waals surface area contributed by atoms with Crippen LogP contribution in [0.2, 0.25) is 0 Å². The fourth-order valence-electron chi connectivity index (χ4n) is 4.31. The first-order valence-corrected chi connectivity index (χ1v) is 9.71. The molecule has 154 valence electrons. The third kappa shape index (κ3) is 3.63. The van der Waals surface area contributed by atoms with Crippen molar-refractivity contribution < 1.29 is 28.5 Å². The second-order valence-corrected chi connectivity index (χ2v) is 7.71. The first kappa shape index (κ1) is 20.7. The van der Waals surface area contributed by atoms with Gasteiger partial charge >= 0.3 is 5.97 Å². The van der Waals surface area contributed by atoms with Crippen LogP contribution in [0.5, 0.6) is 11.5 Å². The van der Waals surface area contributed by atoms with E-state index in [4.69, 9.17) is 23.7 Å². The van der Waals surface area contributed by atoms with Crippen LogP contribution in [0.25, 0.3) is 0 Å². The topological polar surface area (TPSA) is 63.2 Å². The predicted octanol–water partition coefficient (Wildman–Crippen LogP) is 4.04. The molecule has 2 saturated heterocycles. The number of benzene rings is 1. The van der Waals surface area contributed by atoms with Crippen molar-refractivity contribution in [3.05, 3.63) is 36.4 Å². The fourth-order valence-corrected chi connectivity index (χ4v) is 4.31. The van der Waals surface area contributed by atoms with E-state index in [1.165, 1.54) is 0 Å². The van der Waals surface area contributed by atoms with Crippen LogP contribution in [0.4, 0.5) is 0 Å². The number of carbonyl (C=O) groups is 1. The van der Waals surface area contributed by atoms with Crippen molar-refractivity contribution in [2.45, 2.75) is 45.0 Å². The Balaban J connectivity index is 1.86. The molecule has 0 aliphatic carbocycles. The van der Waals surface area contributed by atoms with E-state index >= 15 is 0 Å². The molecule has 0 aromatic heterocycles. The smallest absolute Gasteiger partial charge is 0.313 e. The van der Waals surface area contributed by atoms with E-state index in [0.717, 1.165) is 5.56 Å². The third-order valence-electron chi connectivity index (χ3n) is 6.13. The van der Waals surface area contributed by atoms with Gasteiger partial charge in [-0.05, 0) is 37.5 Å². The number of rotatable bonds is 8. The molecule has 0 saturated carbocycles. The maximum atomic E-state index is 13.1. The maximum absolute atomic E-state index is 13.1. The lowest BCUT2D eigenvalue weighted by Gasteiger charge is -2.32. The van der Waals surface area contributed by atoms with Gasteiger partial charge in [-0.25, -0.2) is 0 Å². The Kier molecular flexibility index (Phi) is 6.01. The van der Waals surface area contributed by atoms with Crippen LogP contribution in [-0.2, 0) is 19.0 Å². The highest BCUT2D eigenvalue weighted by atomic mass is 16.7. The SMILES string of the molecule is C=CC[C@]1(CCC2(C)OCCO2)C(=O)O[C@@H](c2ccc(OC)c(OC)c2)[C@H]1C. The molecule has 0 spiro atoms. The van der Waals surface area contributed by atoms with Gasteiger partial charge in [-0.15, -0.1) is 6.58 Å². The van der Waals surface area contributed by atoms with Gasteiger partial charge in [-0.2, -0.15) is 0 Å². The van der Waals surface area contributed by atoms with Gasteiger partial charge < -0.3 is 23.7 Å². The highest BCUT2D eigenvalue weighted by Gasteiger charge is 2.55. The van der Waals surface area contributed by atoms with Gasteiger partial charge in [0, 0.05) is 12.3 Å². The first-order chi connectivity index (χ1) is 13.4. The third-order valence-corrected chi connectivity index (χ3v) is 6.13. The van der Waals surface area contributed by atoms with Gasteiger partial charge in [0.1, 0.15) is 6.10 Å². The summed E-state index contributed by atoms with van der Waals surface area (Å²) in [5.74, 6) is 0.381. The van der Waals surface area contributed by atoms with Crippen LogP contribution in [-0.4, -0.2) is 39.2 Å². The minimum Gasteiger partial charge on any atom is -0.493 e. The van der Waals surface area contributed by atoms with Gasteiger partial charge in [0.05, 0.1) is 32.8 Å². The zero-order chi connectivity index (χ0) is 20.4. The molecule has 1 aromatic carbocycles. The fraction of sp³-hybridized carbons (Fsp3) is 0.591. The number of hydrogen-bond acceptors (Lipinski definition) is 6. The van der Waals surface area contributed by atoms with Crippen molar-refractivity contribution in [2.75, 3.05) is 27.4 Å². The molecule has 0 bridgehead atoms. The number of esters is 1. The second kappa shape index (κ2) is 8.13. The quantitative estimate of drug-likeness (QED) is 0.493. The van der Waals surface area contributed by atoms with Crippen LogP contribution >= 0.6 is 0 Å². The van der Waals surface area contributed by atoms with Crippen LogP contribution in [0, 0.1) is 11.3 Å². The van der Waals surface area contributed by atoms with E-state index in [9.17, 15) is 4.79 Å². The van der Waals surface area contributed by atoms with E-state index in [1.807, 2.05) is 25.1 Å². The lowest BCUT2D eigenvalue weighted by atomic mass is 9.69. The van der Waals surface area contributed by atoms with Crippen molar-refractivity contribution in [3.63, 3.8) is 0 Å². The molecule has 6 nitrogen and oxygen atoms in total. The van der Waals surface area contributed by atoms with E-state index in [-0.39, 0.29) is 18.0 Å². The summed E-state index contributed by atoms with van der Waals surface area (Å²) in [6.45, 7) is 9.03. The number of ether oxygens (including phenoxy) is 5. The molecule has 0 unspecified atom stereocenters. The van der Waals surface area contributed by atoms with E-state index in [0.29, 0.717) is 44.0 Å². The van der Waals surface area contributed by atoms with Crippen molar-refractivity contribution >= 4 is 5.97 Å². The standard InChI is InChI=1S/C22H30O6/c1-6-9-22(11-10-21(3)26-12-13-27-21)15(2)19(28-20(22)23)16-7-8-17(24-4)18(14-16)25-5/h6-8,14-15,19H,1,9-13H2,2-5H3/t15-,19-,22-/m1/s1. The highest BCUT2D eigenvalue weighted by Crippen LogP contribution is 2.53. The zero-order valence-electron chi connectivity index (χ0n) is 17.2. The predicted molar refractivity (Wildman–Crippen MR) is 104 cm³/mol. The summed E-state index contributed by atoms with van der Waals surface area (Å²) in [6.07, 6.45) is 3.23. The monoisotopic (exact) mass is 390 g/mol. The number of hydrogen-bond donors (Lipinski definition) is 0. The molecule has 2 aliphatic heterocycles. The van der Waals surface area contributed by atoms with Crippen LogP contribution in [0.3, 0.4) is 0 Å². The van der Waals surface area contributed by atoms with Crippen molar-refractivity contribution in [3.8, 4) is 11.5 Å². The molecular formula is C22H30O6. The zero-order valence-corrected chi connectivity index (χ0v) is 17.2. The minimum absolute atomic E-state index is 0.0406. The summed E-state index contributed by atoms with van der Waals surface area (Å²) in [5, 5.41) is 0. The van der Waals surface area contributed by atoms with Crippen LogP contribution in [0.15, 0.2) is 30.9 Å². The number of allylic oxidation sites excluding steroid dienone is 1. The Morgan fingerprint density at radius 2 is 1.86 bits per heavy atom. The van der Waals surface area contributed by atoms with Gasteiger partial charge in [0.15, 0.2) is 17.3 Å². The van der Waals surface area contributed by atoms with Crippen LogP contribution in [0.1, 0.15) is 44.8 Å². The Hall–Kier alpha value is -2.05. The molecule has 1 aromatic rings. The Bertz CT molecular complexity index is 724. The van der Waals surface area contributed by atoms with Gasteiger partial charge in [-0.1, -0.05) is 19.1 Å². The molecule has 6 heteroatoms. The molecular weight excluding hydrogens is 360 g/mol. The second-order valence-electron chi connectivity index (χ2n) is 7.71. The molecule has 0 N–H and O–H groups in total. The molecule has 2 heterocycles. The van der Waals surface area contributed by atoms with E-state index < -0.39 is 11.2 Å². The average molecular weight is 390 g/mol. The van der Waals surface area contributed by atoms with Crippen molar-refractivity contribution in [1.82, 2.24) is 0 Å². The maximum Gasteiger partial charge on any atom is 0.313 e. The number of carbonyl (C=O) groups excluding carboxylic acids is 1. The van der Waals surface area contributed by atoms with Gasteiger partial charge in [0.2, 0.25) is 0 Å². The Labute approximate surface area is 166 Å². The summed E-state index contributed by atoms with van der Waals surface area (Å²) in [7, 11) is 3.19. The highest BCUT2D eigenvalue weighted by molar-refractivity contribution is 5.80. The summed E-state index contributed by atoms with van der Waals surface area (Å²) in [6, 6.07) is 5.63. The lowest BCUT2D eigenvalue weighted by molar-refractivity contribution is -0.160. The van der Waals surface area contributed by atoms with Gasteiger partial charge in [0.25, 0.3) is 0 Å². The van der Waals surface area contributed by atoms with Crippen LogP contribution < -0.4 is 9.47 Å². The summed E-state index contributed by atoms with van der Waals surface area (Å²) in [5.41, 5.74) is 0.238. The first-order valence-electron chi connectivity index (χ1n) is 9.71. The molecule has 28 heavy (non-hydrogen) atoms. The summed E-state index contributed by atoms with van der Waals surface area (Å²) in [4.78, 5) is 13.1. The molecule has 3 rings (SSSR count). The molecule has 2 aliphatic rings. The summed E-state index contributed by atoms with van der Waals surface area (Å²) >= 11 is 0. The van der Waals surface area contributed by atoms with E-state index in [2.05, 4.69) is 13.5 Å². The lowest BCUT2D eigenvalue weighted by Crippen LogP contribution is -2.36.